The molecule has 2 aliphatic rings. The fourth-order valence-corrected chi connectivity index (χ4v) is 6.74. The lowest BCUT2D eigenvalue weighted by Gasteiger charge is -2.32. The van der Waals surface area contributed by atoms with E-state index >= 15 is 0 Å². The number of aromatic nitrogens is 2. The maximum Gasteiger partial charge on any atom is 0.227 e. The topological polar surface area (TPSA) is 58.1 Å². The van der Waals surface area contributed by atoms with E-state index in [2.05, 4.69) is 45.5 Å². The largest absolute Gasteiger partial charge is 0.356 e. The minimum atomic E-state index is 0.0183. The Bertz CT molecular complexity index is 1340. The summed E-state index contributed by atoms with van der Waals surface area (Å²) in [5, 5.41) is 4.51. The number of aryl methyl sites for hydroxylation is 2. The second-order valence-corrected chi connectivity index (χ2v) is 10.7. The third-order valence-electron chi connectivity index (χ3n) is 7.41. The Morgan fingerprint density at radius 1 is 0.971 bits per heavy atom. The van der Waals surface area contributed by atoms with Crippen molar-refractivity contribution in [2.75, 3.05) is 23.3 Å². The van der Waals surface area contributed by atoms with Gasteiger partial charge in [-0.1, -0.05) is 48.5 Å². The average Bonchev–Trinajstić information content (AvgIpc) is 3.29. The van der Waals surface area contributed by atoms with E-state index in [9.17, 15) is 4.79 Å². The molecule has 0 unspecified atom stereocenters. The lowest BCUT2D eigenvalue weighted by atomic mass is 9.94. The van der Waals surface area contributed by atoms with Crippen LogP contribution in [0, 0.1) is 5.92 Å². The number of amides is 1. The van der Waals surface area contributed by atoms with E-state index in [1.54, 1.807) is 6.33 Å². The van der Waals surface area contributed by atoms with E-state index in [0.717, 1.165) is 60.7 Å². The highest BCUT2D eigenvalue weighted by Crippen LogP contribution is 2.40. The van der Waals surface area contributed by atoms with E-state index in [1.807, 2.05) is 35.6 Å². The first kappa shape index (κ1) is 22.2. The van der Waals surface area contributed by atoms with Crippen LogP contribution in [0.4, 0.5) is 11.5 Å². The summed E-state index contributed by atoms with van der Waals surface area (Å²) in [6, 6.07) is 18.6. The van der Waals surface area contributed by atoms with Crippen LogP contribution in [0.1, 0.15) is 47.3 Å². The molecule has 1 N–H and O–H groups in total. The fourth-order valence-electron chi connectivity index (χ4n) is 5.51. The van der Waals surface area contributed by atoms with Crippen molar-refractivity contribution >= 4 is 39.0 Å². The van der Waals surface area contributed by atoms with Crippen molar-refractivity contribution in [3.63, 3.8) is 0 Å². The van der Waals surface area contributed by atoms with Crippen molar-refractivity contribution in [2.45, 2.75) is 44.9 Å². The molecule has 1 aliphatic carbocycles. The Kier molecular flexibility index (Phi) is 6.21. The number of fused-ring (bicyclic) bond motifs is 3. The first-order chi connectivity index (χ1) is 17.3. The van der Waals surface area contributed by atoms with Gasteiger partial charge >= 0.3 is 0 Å². The quantitative estimate of drug-likeness (QED) is 0.378. The van der Waals surface area contributed by atoms with Crippen LogP contribution in [0.25, 0.3) is 10.2 Å². The van der Waals surface area contributed by atoms with Crippen LogP contribution >= 0.6 is 11.3 Å². The van der Waals surface area contributed by atoms with Gasteiger partial charge in [-0.25, -0.2) is 9.97 Å². The standard InChI is InChI=1S/C29H30N4OS/c34-28(32-24-12-6-4-10-22(24)18-20-8-2-1-3-9-20)21-14-16-33(17-15-21)27-26-23-11-5-7-13-25(23)35-29(26)31-19-30-27/h1-4,6,8-10,12,19,21H,5,7,11,13-18H2,(H,32,34). The van der Waals surface area contributed by atoms with E-state index in [0.29, 0.717) is 0 Å². The summed E-state index contributed by atoms with van der Waals surface area (Å²) in [7, 11) is 0. The molecule has 1 fully saturated rings. The summed E-state index contributed by atoms with van der Waals surface area (Å²) in [6.07, 6.45) is 9.03. The number of piperidine rings is 1. The Balaban J connectivity index is 1.14. The smallest absolute Gasteiger partial charge is 0.227 e. The van der Waals surface area contributed by atoms with Crippen molar-refractivity contribution in [3.8, 4) is 0 Å². The molecule has 2 aromatic heterocycles. The number of hydrogen-bond donors (Lipinski definition) is 1. The van der Waals surface area contributed by atoms with E-state index in [1.165, 1.54) is 40.7 Å². The Hall–Kier alpha value is -3.25. The molecule has 178 valence electrons. The number of nitrogens with zero attached hydrogens (tertiary/aromatic N) is 3. The van der Waals surface area contributed by atoms with E-state index in [4.69, 9.17) is 4.98 Å². The monoisotopic (exact) mass is 482 g/mol. The van der Waals surface area contributed by atoms with Gasteiger partial charge in [0.15, 0.2) is 0 Å². The van der Waals surface area contributed by atoms with E-state index in [-0.39, 0.29) is 11.8 Å². The van der Waals surface area contributed by atoms with Crippen molar-refractivity contribution in [1.82, 2.24) is 9.97 Å². The fraction of sp³-hybridized carbons (Fsp3) is 0.345. The molecule has 0 radical (unpaired) electrons. The van der Waals surface area contributed by atoms with Gasteiger partial charge in [-0.05, 0) is 67.7 Å². The Morgan fingerprint density at radius 2 is 1.74 bits per heavy atom. The number of nitrogens with one attached hydrogen (secondary N) is 1. The molecule has 1 aliphatic heterocycles. The number of rotatable bonds is 5. The number of hydrogen-bond acceptors (Lipinski definition) is 5. The molecule has 35 heavy (non-hydrogen) atoms. The third kappa shape index (κ3) is 4.55. The molecule has 0 spiro atoms. The zero-order valence-electron chi connectivity index (χ0n) is 19.9. The van der Waals surface area contributed by atoms with Gasteiger partial charge in [0.05, 0.1) is 5.39 Å². The number of carbonyl (C=O) groups excluding carboxylic acids is 1. The molecule has 0 atom stereocenters. The van der Waals surface area contributed by atoms with E-state index < -0.39 is 0 Å². The molecule has 1 saturated heterocycles. The molecule has 6 rings (SSSR count). The highest BCUT2D eigenvalue weighted by Gasteiger charge is 2.29. The number of anilines is 2. The lowest BCUT2D eigenvalue weighted by molar-refractivity contribution is -0.120. The van der Waals surface area contributed by atoms with Crippen LogP contribution in [-0.4, -0.2) is 29.0 Å². The Labute approximate surface area is 210 Å². The second kappa shape index (κ2) is 9.78. The van der Waals surface area contributed by atoms with Crippen LogP contribution in [0.2, 0.25) is 0 Å². The molecule has 6 heteroatoms. The molecule has 5 nitrogen and oxygen atoms in total. The van der Waals surface area contributed by atoms with Gasteiger partial charge in [-0.15, -0.1) is 11.3 Å². The van der Waals surface area contributed by atoms with Crippen molar-refractivity contribution in [2.24, 2.45) is 5.92 Å². The zero-order valence-corrected chi connectivity index (χ0v) is 20.7. The summed E-state index contributed by atoms with van der Waals surface area (Å²) in [5.74, 6) is 1.22. The molecular weight excluding hydrogens is 452 g/mol. The predicted molar refractivity (Wildman–Crippen MR) is 143 cm³/mol. The van der Waals surface area contributed by atoms with Gasteiger partial charge in [0.2, 0.25) is 5.91 Å². The van der Waals surface area contributed by atoms with Gasteiger partial charge in [-0.3, -0.25) is 4.79 Å². The highest BCUT2D eigenvalue weighted by atomic mass is 32.1. The number of para-hydroxylation sites is 1. The van der Waals surface area contributed by atoms with Crippen molar-refractivity contribution < 1.29 is 4.79 Å². The number of carbonyl (C=O) groups is 1. The highest BCUT2D eigenvalue weighted by molar-refractivity contribution is 7.19. The maximum atomic E-state index is 13.2. The van der Waals surface area contributed by atoms with Crippen molar-refractivity contribution in [3.05, 3.63) is 82.5 Å². The summed E-state index contributed by atoms with van der Waals surface area (Å²) < 4.78 is 0. The summed E-state index contributed by atoms with van der Waals surface area (Å²) in [6.45, 7) is 1.70. The van der Waals surface area contributed by atoms with Gasteiger partial charge in [-0.2, -0.15) is 0 Å². The normalized spacial score (nSPS) is 16.3. The minimum Gasteiger partial charge on any atom is -0.356 e. The summed E-state index contributed by atoms with van der Waals surface area (Å²) >= 11 is 1.84. The van der Waals surface area contributed by atoms with Gasteiger partial charge in [0.25, 0.3) is 0 Å². The Morgan fingerprint density at radius 3 is 2.60 bits per heavy atom. The molecule has 4 aromatic rings. The molecular formula is C29H30N4OS. The summed E-state index contributed by atoms with van der Waals surface area (Å²) in [4.78, 5) is 27.5. The first-order valence-corrected chi connectivity index (χ1v) is 13.5. The molecule has 0 saturated carbocycles. The van der Waals surface area contributed by atoms with Gasteiger partial charge in [0.1, 0.15) is 17.0 Å². The van der Waals surface area contributed by atoms with Crippen LogP contribution < -0.4 is 10.2 Å². The molecule has 2 aromatic carbocycles. The van der Waals surface area contributed by atoms with Gasteiger partial charge in [0, 0.05) is 29.6 Å². The van der Waals surface area contributed by atoms with Crippen LogP contribution in [-0.2, 0) is 24.1 Å². The number of thiophene rings is 1. The number of benzene rings is 2. The predicted octanol–water partition coefficient (Wildman–Crippen LogP) is 6.02. The minimum absolute atomic E-state index is 0.0183. The maximum absolute atomic E-state index is 13.2. The lowest BCUT2D eigenvalue weighted by Crippen LogP contribution is -2.38. The van der Waals surface area contributed by atoms with Gasteiger partial charge < -0.3 is 10.2 Å². The molecule has 3 heterocycles. The third-order valence-corrected chi connectivity index (χ3v) is 8.61. The molecule has 0 bridgehead atoms. The molecule has 1 amide bonds. The average molecular weight is 483 g/mol. The SMILES string of the molecule is O=C(Nc1ccccc1Cc1ccccc1)C1CCN(c2ncnc3sc4c(c23)CCCC4)CC1. The summed E-state index contributed by atoms with van der Waals surface area (Å²) in [5.41, 5.74) is 4.79. The van der Waals surface area contributed by atoms with Crippen LogP contribution in [0.5, 0.6) is 0 Å². The second-order valence-electron chi connectivity index (χ2n) is 9.66. The van der Waals surface area contributed by atoms with Crippen LogP contribution in [0.15, 0.2) is 60.9 Å². The van der Waals surface area contributed by atoms with Crippen molar-refractivity contribution in [1.29, 1.82) is 0 Å². The van der Waals surface area contributed by atoms with Crippen LogP contribution in [0.3, 0.4) is 0 Å². The zero-order chi connectivity index (χ0) is 23.6. The first-order valence-electron chi connectivity index (χ1n) is 12.7.